The van der Waals surface area contributed by atoms with Gasteiger partial charge >= 0.3 is 0 Å². The van der Waals surface area contributed by atoms with Crippen LogP contribution in [0, 0.1) is 12.7 Å². The molecular weight excluding hydrogens is 433 g/mol. The molecule has 4 rings (SSSR count). The zero-order valence-corrected chi connectivity index (χ0v) is 18.7. The number of morpholine rings is 1. The van der Waals surface area contributed by atoms with Gasteiger partial charge in [-0.1, -0.05) is 25.1 Å². The van der Waals surface area contributed by atoms with Crippen LogP contribution in [0.2, 0.25) is 0 Å². The first-order valence-corrected chi connectivity index (χ1v) is 11.8. The molecule has 0 bridgehead atoms. The first-order valence-electron chi connectivity index (χ1n) is 10.4. The third kappa shape index (κ3) is 4.11. The van der Waals surface area contributed by atoms with E-state index in [4.69, 9.17) is 4.74 Å². The van der Waals surface area contributed by atoms with E-state index in [1.807, 2.05) is 38.1 Å². The highest BCUT2D eigenvalue weighted by atomic mass is 32.2. The van der Waals surface area contributed by atoms with Crippen LogP contribution in [0.25, 0.3) is 10.9 Å². The Bertz CT molecular complexity index is 1290. The summed E-state index contributed by atoms with van der Waals surface area (Å²) in [5.74, 6) is -1.27. The fourth-order valence-corrected chi connectivity index (χ4v) is 5.39. The summed E-state index contributed by atoms with van der Waals surface area (Å²) in [6.07, 6.45) is 0.662. The molecule has 1 saturated heterocycles. The summed E-state index contributed by atoms with van der Waals surface area (Å²) < 4.78 is 46.7. The van der Waals surface area contributed by atoms with Gasteiger partial charge in [0.15, 0.2) is 0 Å². The number of nitrogens with zero attached hydrogens (tertiary/aromatic N) is 2. The van der Waals surface area contributed by atoms with E-state index in [1.54, 1.807) is 0 Å². The van der Waals surface area contributed by atoms with Crippen LogP contribution in [0.3, 0.4) is 0 Å². The highest BCUT2D eigenvalue weighted by Gasteiger charge is 2.29. The van der Waals surface area contributed by atoms with Crippen molar-refractivity contribution in [3.05, 3.63) is 65.1 Å². The number of pyridine rings is 1. The molecule has 1 N–H and O–H groups in total. The molecule has 2 heterocycles. The highest BCUT2D eigenvalue weighted by Crippen LogP contribution is 2.27. The molecule has 0 saturated carbocycles. The second kappa shape index (κ2) is 8.93. The monoisotopic (exact) mass is 457 g/mol. The van der Waals surface area contributed by atoms with Crippen molar-refractivity contribution in [2.24, 2.45) is 0 Å². The van der Waals surface area contributed by atoms with Crippen molar-refractivity contribution in [3.8, 4) is 0 Å². The number of carbonyl (C=O) groups is 1. The summed E-state index contributed by atoms with van der Waals surface area (Å²) in [5, 5.41) is 3.44. The number of hydrogen-bond acceptors (Lipinski definition) is 5. The fourth-order valence-electron chi connectivity index (χ4n) is 3.89. The lowest BCUT2D eigenvalue weighted by molar-refractivity contribution is 0.0729. The molecule has 9 heteroatoms. The fraction of sp³-hybridized carbons (Fsp3) is 0.304. The van der Waals surface area contributed by atoms with Crippen molar-refractivity contribution >= 4 is 32.5 Å². The number of aryl methyl sites for hydroxylation is 1. The second-order valence-corrected chi connectivity index (χ2v) is 9.45. The Labute approximate surface area is 186 Å². The number of fused-ring (bicyclic) bond motifs is 1. The van der Waals surface area contributed by atoms with Gasteiger partial charge in [0.2, 0.25) is 10.0 Å². The van der Waals surface area contributed by atoms with Crippen molar-refractivity contribution in [2.45, 2.75) is 25.2 Å². The molecule has 168 valence electrons. The third-order valence-corrected chi connectivity index (χ3v) is 7.49. The van der Waals surface area contributed by atoms with Crippen LogP contribution in [0.4, 0.5) is 10.1 Å². The van der Waals surface area contributed by atoms with Gasteiger partial charge in [-0.15, -0.1) is 0 Å². The molecule has 0 aliphatic carbocycles. The Morgan fingerprint density at radius 2 is 1.91 bits per heavy atom. The smallest absolute Gasteiger partial charge is 0.256 e. The number of benzene rings is 2. The molecular formula is C23H24FN3O4S. The number of para-hydroxylation sites is 1. The van der Waals surface area contributed by atoms with E-state index in [2.05, 4.69) is 10.3 Å². The number of rotatable bonds is 5. The standard InChI is InChI=1S/C23H24FN3O4S/c1-3-19-15(2)22(17-6-4-5-7-20(17)26-19)23(28)25-16-8-9-18(24)21(14-16)32(29,30)27-10-12-31-13-11-27/h4-9,14H,3,10-13H2,1-2H3,(H,25,28). The maximum atomic E-state index is 14.5. The maximum Gasteiger partial charge on any atom is 0.256 e. The average molecular weight is 458 g/mol. The first-order chi connectivity index (χ1) is 15.3. The average Bonchev–Trinajstić information content (AvgIpc) is 2.80. The topological polar surface area (TPSA) is 88.6 Å². The predicted molar refractivity (Wildman–Crippen MR) is 120 cm³/mol. The molecule has 7 nitrogen and oxygen atoms in total. The van der Waals surface area contributed by atoms with Gasteiger partial charge in [-0.2, -0.15) is 4.31 Å². The minimum absolute atomic E-state index is 0.153. The number of nitrogens with one attached hydrogen (secondary N) is 1. The van der Waals surface area contributed by atoms with Gasteiger partial charge in [0.25, 0.3) is 5.91 Å². The minimum Gasteiger partial charge on any atom is -0.379 e. The van der Waals surface area contributed by atoms with Crippen molar-refractivity contribution in [3.63, 3.8) is 0 Å². The molecule has 0 spiro atoms. The van der Waals surface area contributed by atoms with Crippen LogP contribution in [-0.4, -0.2) is 49.9 Å². The molecule has 1 aromatic heterocycles. The summed E-state index contributed by atoms with van der Waals surface area (Å²) in [7, 11) is -4.05. The van der Waals surface area contributed by atoms with E-state index in [0.29, 0.717) is 22.9 Å². The van der Waals surface area contributed by atoms with Gasteiger partial charge in [-0.05, 0) is 43.2 Å². The van der Waals surface area contributed by atoms with Crippen LogP contribution < -0.4 is 5.32 Å². The van der Waals surface area contributed by atoms with Gasteiger partial charge in [0, 0.05) is 29.9 Å². The number of sulfonamides is 1. The molecule has 32 heavy (non-hydrogen) atoms. The number of ether oxygens (including phenoxy) is 1. The maximum absolute atomic E-state index is 14.5. The molecule has 0 atom stereocenters. The number of anilines is 1. The molecule has 1 fully saturated rings. The Hall–Kier alpha value is -2.88. The molecule has 1 aliphatic rings. The van der Waals surface area contributed by atoms with Crippen LogP contribution >= 0.6 is 0 Å². The van der Waals surface area contributed by atoms with Gasteiger partial charge in [-0.25, -0.2) is 12.8 Å². The molecule has 2 aromatic carbocycles. The zero-order chi connectivity index (χ0) is 22.9. The third-order valence-electron chi connectivity index (χ3n) is 5.58. The lowest BCUT2D eigenvalue weighted by Gasteiger charge is -2.26. The van der Waals surface area contributed by atoms with E-state index in [0.717, 1.165) is 23.4 Å². The summed E-state index contributed by atoms with van der Waals surface area (Å²) in [6.45, 7) is 4.62. The van der Waals surface area contributed by atoms with Crippen LogP contribution in [0.5, 0.6) is 0 Å². The van der Waals surface area contributed by atoms with Gasteiger partial charge < -0.3 is 10.1 Å². The highest BCUT2D eigenvalue weighted by molar-refractivity contribution is 7.89. The molecule has 1 aliphatic heterocycles. The number of amides is 1. The number of halogens is 1. The molecule has 0 radical (unpaired) electrons. The Kier molecular flexibility index (Phi) is 6.23. The van der Waals surface area contributed by atoms with E-state index in [9.17, 15) is 17.6 Å². The number of carbonyl (C=O) groups excluding carboxylic acids is 1. The van der Waals surface area contributed by atoms with E-state index in [-0.39, 0.29) is 32.0 Å². The Morgan fingerprint density at radius 3 is 2.62 bits per heavy atom. The van der Waals surface area contributed by atoms with Gasteiger partial charge in [0.1, 0.15) is 10.7 Å². The van der Waals surface area contributed by atoms with E-state index >= 15 is 0 Å². The van der Waals surface area contributed by atoms with Crippen molar-refractivity contribution in [1.82, 2.24) is 9.29 Å². The molecule has 0 unspecified atom stereocenters. The van der Waals surface area contributed by atoms with Crippen LogP contribution in [-0.2, 0) is 21.2 Å². The van der Waals surface area contributed by atoms with Crippen LogP contribution in [0.15, 0.2) is 47.4 Å². The van der Waals surface area contributed by atoms with Gasteiger partial charge in [0.05, 0.1) is 24.3 Å². The van der Waals surface area contributed by atoms with E-state index < -0.39 is 26.6 Å². The summed E-state index contributed by atoms with van der Waals surface area (Å²) in [4.78, 5) is 17.4. The molecule has 3 aromatic rings. The number of hydrogen-bond donors (Lipinski definition) is 1. The lowest BCUT2D eigenvalue weighted by Crippen LogP contribution is -2.40. The van der Waals surface area contributed by atoms with Gasteiger partial charge in [-0.3, -0.25) is 9.78 Å². The predicted octanol–water partition coefficient (Wildman–Crippen LogP) is 3.52. The molecule has 1 amide bonds. The zero-order valence-electron chi connectivity index (χ0n) is 17.9. The van der Waals surface area contributed by atoms with Crippen molar-refractivity contribution in [1.29, 1.82) is 0 Å². The van der Waals surface area contributed by atoms with Crippen molar-refractivity contribution in [2.75, 3.05) is 31.6 Å². The van der Waals surface area contributed by atoms with E-state index in [1.165, 1.54) is 10.4 Å². The minimum atomic E-state index is -4.05. The SMILES string of the molecule is CCc1nc2ccccc2c(C(=O)Nc2ccc(F)c(S(=O)(=O)N3CCOCC3)c2)c1C. The second-order valence-electron chi connectivity index (χ2n) is 7.54. The Morgan fingerprint density at radius 1 is 1.19 bits per heavy atom. The summed E-state index contributed by atoms with van der Waals surface area (Å²) in [5.41, 5.74) is 2.93. The quantitative estimate of drug-likeness (QED) is 0.633. The summed E-state index contributed by atoms with van der Waals surface area (Å²) >= 11 is 0. The Balaban J connectivity index is 1.71. The normalized spacial score (nSPS) is 15.1. The number of aromatic nitrogens is 1. The first kappa shape index (κ1) is 22.3. The van der Waals surface area contributed by atoms with Crippen molar-refractivity contribution < 1.29 is 22.3 Å². The van der Waals surface area contributed by atoms with Crippen LogP contribution in [0.1, 0.15) is 28.5 Å². The largest absolute Gasteiger partial charge is 0.379 e. The lowest BCUT2D eigenvalue weighted by atomic mass is 9.99. The summed E-state index contributed by atoms with van der Waals surface area (Å²) in [6, 6.07) is 10.9.